The second-order valence-electron chi connectivity index (χ2n) is 4.63. The highest BCUT2D eigenvalue weighted by molar-refractivity contribution is 5.86. The highest BCUT2D eigenvalue weighted by Crippen LogP contribution is 2.25. The zero-order valence-corrected chi connectivity index (χ0v) is 11.3. The number of hydrogen-bond donors (Lipinski definition) is 0. The second-order valence-corrected chi connectivity index (χ2v) is 4.63. The fourth-order valence-corrected chi connectivity index (χ4v) is 2.20. The molecule has 0 aliphatic carbocycles. The fourth-order valence-electron chi connectivity index (χ4n) is 2.20. The lowest BCUT2D eigenvalue weighted by Crippen LogP contribution is -1.91. The smallest absolute Gasteiger partial charge is 0.170 e. The molecule has 100 valence electrons. The van der Waals surface area contributed by atoms with Gasteiger partial charge in [-0.3, -0.25) is 9.20 Å². The number of nitrogens with zero attached hydrogens (tertiary/aromatic N) is 2. The van der Waals surface area contributed by atoms with Crippen LogP contribution < -0.4 is 4.74 Å². The van der Waals surface area contributed by atoms with Gasteiger partial charge in [0.2, 0.25) is 0 Å². The molecule has 4 heteroatoms. The van der Waals surface area contributed by atoms with Crippen LogP contribution in [0, 0.1) is 6.92 Å². The van der Waals surface area contributed by atoms with Gasteiger partial charge in [0.1, 0.15) is 17.3 Å². The summed E-state index contributed by atoms with van der Waals surface area (Å²) in [6.07, 6.45) is 2.62. The van der Waals surface area contributed by atoms with Crippen LogP contribution in [0.5, 0.6) is 5.75 Å². The molecule has 2 heterocycles. The Hall–Kier alpha value is -2.62. The number of fused-ring (bicyclic) bond motifs is 1. The lowest BCUT2D eigenvalue weighted by atomic mass is 10.1. The van der Waals surface area contributed by atoms with Crippen LogP contribution in [0.25, 0.3) is 16.9 Å². The Morgan fingerprint density at radius 1 is 1.15 bits per heavy atom. The number of imidazole rings is 1. The lowest BCUT2D eigenvalue weighted by molar-refractivity contribution is 0.112. The summed E-state index contributed by atoms with van der Waals surface area (Å²) in [5.41, 5.74) is 3.36. The minimum absolute atomic E-state index is 0.434. The van der Waals surface area contributed by atoms with Crippen LogP contribution in [0.4, 0.5) is 0 Å². The molecule has 2 aromatic heterocycles. The van der Waals surface area contributed by atoms with Gasteiger partial charge in [-0.1, -0.05) is 29.8 Å². The van der Waals surface area contributed by atoms with Gasteiger partial charge in [-0.2, -0.15) is 0 Å². The number of methoxy groups -OCH3 is 1. The molecule has 0 unspecified atom stereocenters. The largest absolute Gasteiger partial charge is 0.495 e. The van der Waals surface area contributed by atoms with Crippen LogP contribution in [0.1, 0.15) is 16.1 Å². The van der Waals surface area contributed by atoms with Crippen molar-refractivity contribution in [3.8, 4) is 17.1 Å². The minimum Gasteiger partial charge on any atom is -0.495 e. The number of aromatic nitrogens is 2. The van der Waals surface area contributed by atoms with Crippen LogP contribution in [0.3, 0.4) is 0 Å². The van der Waals surface area contributed by atoms with Gasteiger partial charge >= 0.3 is 0 Å². The van der Waals surface area contributed by atoms with Crippen molar-refractivity contribution in [1.82, 2.24) is 9.38 Å². The standard InChI is InChI=1S/C16H14N2O2/c1-11-3-5-12(6-4-11)16-17-14(10-19)15-8-7-13(20-2)9-18(15)16/h3-10H,1-2H3. The monoisotopic (exact) mass is 266 g/mol. The molecule has 0 atom stereocenters. The van der Waals surface area contributed by atoms with E-state index in [4.69, 9.17) is 4.74 Å². The lowest BCUT2D eigenvalue weighted by Gasteiger charge is -2.04. The Bertz CT molecular complexity index is 773. The van der Waals surface area contributed by atoms with Crippen molar-refractivity contribution in [2.45, 2.75) is 6.92 Å². The van der Waals surface area contributed by atoms with Crippen molar-refractivity contribution in [3.63, 3.8) is 0 Å². The van der Waals surface area contributed by atoms with Gasteiger partial charge in [0.05, 0.1) is 18.8 Å². The molecule has 0 amide bonds. The number of carbonyl (C=O) groups is 1. The van der Waals surface area contributed by atoms with E-state index < -0.39 is 0 Å². The number of aldehydes is 1. The first kappa shape index (κ1) is 12.4. The van der Waals surface area contributed by atoms with E-state index in [2.05, 4.69) is 4.98 Å². The predicted octanol–water partition coefficient (Wildman–Crippen LogP) is 3.13. The summed E-state index contributed by atoms with van der Waals surface area (Å²) in [7, 11) is 1.62. The molecule has 20 heavy (non-hydrogen) atoms. The number of aryl methyl sites for hydroxylation is 1. The van der Waals surface area contributed by atoms with Gasteiger partial charge in [-0.15, -0.1) is 0 Å². The van der Waals surface area contributed by atoms with Crippen molar-refractivity contribution < 1.29 is 9.53 Å². The molecule has 0 spiro atoms. The molecule has 0 bridgehead atoms. The van der Waals surface area contributed by atoms with E-state index in [1.165, 1.54) is 5.56 Å². The third-order valence-corrected chi connectivity index (χ3v) is 3.30. The topological polar surface area (TPSA) is 43.6 Å². The molecule has 0 saturated carbocycles. The number of rotatable bonds is 3. The van der Waals surface area contributed by atoms with Crippen LogP contribution in [-0.4, -0.2) is 22.8 Å². The van der Waals surface area contributed by atoms with Crippen molar-refractivity contribution in [2.75, 3.05) is 7.11 Å². The molecule has 3 rings (SSSR count). The first-order valence-corrected chi connectivity index (χ1v) is 6.31. The summed E-state index contributed by atoms with van der Waals surface area (Å²) in [6, 6.07) is 11.7. The summed E-state index contributed by atoms with van der Waals surface area (Å²) in [6.45, 7) is 2.04. The molecule has 1 aromatic carbocycles. The Balaban J connectivity index is 2.28. The van der Waals surface area contributed by atoms with E-state index in [0.29, 0.717) is 5.69 Å². The summed E-state index contributed by atoms with van der Waals surface area (Å²) in [5, 5.41) is 0. The number of pyridine rings is 1. The fraction of sp³-hybridized carbons (Fsp3) is 0.125. The predicted molar refractivity (Wildman–Crippen MR) is 77.3 cm³/mol. The number of hydrogen-bond acceptors (Lipinski definition) is 3. The van der Waals surface area contributed by atoms with E-state index >= 15 is 0 Å². The van der Waals surface area contributed by atoms with E-state index in [1.54, 1.807) is 7.11 Å². The number of ether oxygens (including phenoxy) is 1. The Labute approximate surface area is 116 Å². The Morgan fingerprint density at radius 2 is 1.90 bits per heavy atom. The minimum atomic E-state index is 0.434. The first-order valence-electron chi connectivity index (χ1n) is 6.31. The maximum atomic E-state index is 11.2. The number of carbonyl (C=O) groups excluding carboxylic acids is 1. The zero-order valence-electron chi connectivity index (χ0n) is 11.3. The SMILES string of the molecule is COc1ccc2c(C=O)nc(-c3ccc(C)cc3)n2c1. The third-order valence-electron chi connectivity index (χ3n) is 3.30. The van der Waals surface area contributed by atoms with Crippen LogP contribution in [-0.2, 0) is 0 Å². The summed E-state index contributed by atoms with van der Waals surface area (Å²) >= 11 is 0. The highest BCUT2D eigenvalue weighted by atomic mass is 16.5. The molecule has 4 nitrogen and oxygen atoms in total. The summed E-state index contributed by atoms with van der Waals surface area (Å²) < 4.78 is 7.12. The molecule has 0 aliphatic heterocycles. The molecule has 0 saturated heterocycles. The van der Waals surface area contributed by atoms with E-state index in [1.807, 2.05) is 53.9 Å². The average molecular weight is 266 g/mol. The van der Waals surface area contributed by atoms with Crippen LogP contribution in [0.15, 0.2) is 42.6 Å². The second kappa shape index (κ2) is 4.81. The molecule has 0 radical (unpaired) electrons. The van der Waals surface area contributed by atoms with Crippen LogP contribution >= 0.6 is 0 Å². The Morgan fingerprint density at radius 3 is 2.55 bits per heavy atom. The zero-order chi connectivity index (χ0) is 14.1. The van der Waals surface area contributed by atoms with Crippen molar-refractivity contribution in [3.05, 3.63) is 53.9 Å². The van der Waals surface area contributed by atoms with E-state index in [-0.39, 0.29) is 0 Å². The molecular weight excluding hydrogens is 252 g/mol. The molecule has 0 N–H and O–H groups in total. The van der Waals surface area contributed by atoms with Gasteiger partial charge < -0.3 is 4.74 Å². The van der Waals surface area contributed by atoms with Crippen molar-refractivity contribution in [1.29, 1.82) is 0 Å². The Kier molecular flexibility index (Phi) is 2.99. The van der Waals surface area contributed by atoms with Gasteiger partial charge in [-0.05, 0) is 19.1 Å². The summed E-state index contributed by atoms with van der Waals surface area (Å²) in [4.78, 5) is 15.6. The van der Waals surface area contributed by atoms with Gasteiger partial charge in [0.15, 0.2) is 6.29 Å². The normalized spacial score (nSPS) is 10.7. The average Bonchev–Trinajstić information content (AvgIpc) is 2.86. The van der Waals surface area contributed by atoms with Crippen LogP contribution in [0.2, 0.25) is 0 Å². The third kappa shape index (κ3) is 1.95. The summed E-state index contributed by atoms with van der Waals surface area (Å²) in [5.74, 6) is 1.46. The molecule has 0 aliphatic rings. The van der Waals surface area contributed by atoms with Crippen molar-refractivity contribution in [2.24, 2.45) is 0 Å². The maximum absolute atomic E-state index is 11.2. The van der Waals surface area contributed by atoms with E-state index in [0.717, 1.165) is 28.9 Å². The highest BCUT2D eigenvalue weighted by Gasteiger charge is 2.12. The van der Waals surface area contributed by atoms with E-state index in [9.17, 15) is 4.79 Å². The molecule has 3 aromatic rings. The molecule has 0 fully saturated rings. The maximum Gasteiger partial charge on any atom is 0.170 e. The van der Waals surface area contributed by atoms with Gasteiger partial charge in [0, 0.05) is 5.56 Å². The van der Waals surface area contributed by atoms with Crippen molar-refractivity contribution >= 4 is 11.8 Å². The number of benzene rings is 1. The molecular formula is C16H14N2O2. The van der Waals surface area contributed by atoms with Gasteiger partial charge in [-0.25, -0.2) is 4.98 Å². The van der Waals surface area contributed by atoms with Gasteiger partial charge in [0.25, 0.3) is 0 Å². The quantitative estimate of drug-likeness (QED) is 0.684. The first-order chi connectivity index (χ1) is 9.72.